The molecule has 6 heteroatoms. The van der Waals surface area contributed by atoms with E-state index in [0.29, 0.717) is 18.6 Å². The first-order chi connectivity index (χ1) is 11.0. The highest BCUT2D eigenvalue weighted by Crippen LogP contribution is 2.23. The number of rotatable bonds is 12. The summed E-state index contributed by atoms with van der Waals surface area (Å²) in [6.07, 6.45) is 7.57. The van der Waals surface area contributed by atoms with Crippen LogP contribution >= 0.6 is 0 Å². The molecule has 1 N–H and O–H groups in total. The van der Waals surface area contributed by atoms with Crippen LogP contribution < -0.4 is 4.74 Å². The third-order valence-electron chi connectivity index (χ3n) is 3.49. The molecule has 0 bridgehead atoms. The standard InChI is InChI=1S/C17H23F3O3/c18-13-11-14(19)17(15(20)12-13)23-10-8-6-4-2-1-3-5-7-9-16(21)22/h11-12H,1-10H2,(H,21,22). The SMILES string of the molecule is O=C(O)CCCCCCCCCCOc1c(F)cc(F)cc1F. The van der Waals surface area contributed by atoms with Crippen molar-refractivity contribution >= 4 is 5.97 Å². The van der Waals surface area contributed by atoms with Gasteiger partial charge in [-0.05, 0) is 12.8 Å². The zero-order chi connectivity index (χ0) is 17.1. The quantitative estimate of drug-likeness (QED) is 0.543. The number of hydrogen-bond acceptors (Lipinski definition) is 2. The van der Waals surface area contributed by atoms with Gasteiger partial charge < -0.3 is 9.84 Å². The van der Waals surface area contributed by atoms with E-state index in [2.05, 4.69) is 0 Å². The first-order valence-electron chi connectivity index (χ1n) is 8.00. The van der Waals surface area contributed by atoms with E-state index in [1.165, 1.54) is 0 Å². The van der Waals surface area contributed by atoms with Gasteiger partial charge in [0, 0.05) is 18.6 Å². The van der Waals surface area contributed by atoms with E-state index in [1.54, 1.807) is 0 Å². The second kappa shape index (κ2) is 10.9. The molecule has 0 aliphatic rings. The second-order valence-corrected chi connectivity index (χ2v) is 5.52. The van der Waals surface area contributed by atoms with Crippen LogP contribution in [0.1, 0.15) is 57.8 Å². The highest BCUT2D eigenvalue weighted by molar-refractivity contribution is 5.66. The second-order valence-electron chi connectivity index (χ2n) is 5.52. The number of aliphatic carboxylic acids is 1. The van der Waals surface area contributed by atoms with Gasteiger partial charge in [0.1, 0.15) is 5.82 Å². The molecular weight excluding hydrogens is 309 g/mol. The Morgan fingerprint density at radius 1 is 0.870 bits per heavy atom. The summed E-state index contributed by atoms with van der Waals surface area (Å²) in [5, 5.41) is 8.49. The number of hydrogen-bond donors (Lipinski definition) is 1. The van der Waals surface area contributed by atoms with Crippen LogP contribution in [-0.2, 0) is 4.79 Å². The van der Waals surface area contributed by atoms with E-state index in [0.717, 1.165) is 44.9 Å². The van der Waals surface area contributed by atoms with E-state index in [9.17, 15) is 18.0 Å². The Hall–Kier alpha value is -1.72. The summed E-state index contributed by atoms with van der Waals surface area (Å²) in [4.78, 5) is 10.3. The number of carboxylic acid groups (broad SMARTS) is 1. The van der Waals surface area contributed by atoms with Gasteiger partial charge in [-0.3, -0.25) is 4.79 Å². The maximum atomic E-state index is 13.3. The Balaban J connectivity index is 2.01. The highest BCUT2D eigenvalue weighted by Gasteiger charge is 2.12. The van der Waals surface area contributed by atoms with Crippen molar-refractivity contribution in [1.82, 2.24) is 0 Å². The molecule has 130 valence electrons. The molecule has 0 saturated carbocycles. The third-order valence-corrected chi connectivity index (χ3v) is 3.49. The van der Waals surface area contributed by atoms with Gasteiger partial charge >= 0.3 is 5.97 Å². The first-order valence-corrected chi connectivity index (χ1v) is 8.00. The molecule has 1 rings (SSSR count). The summed E-state index contributed by atoms with van der Waals surface area (Å²) < 4.78 is 44.3. The Kier molecular flexibility index (Phi) is 9.17. The maximum absolute atomic E-state index is 13.3. The third kappa shape index (κ3) is 8.47. The minimum absolute atomic E-state index is 0.193. The molecule has 0 atom stereocenters. The van der Waals surface area contributed by atoms with Crippen LogP contribution in [0.3, 0.4) is 0 Å². The Morgan fingerprint density at radius 3 is 1.87 bits per heavy atom. The topological polar surface area (TPSA) is 46.5 Å². The maximum Gasteiger partial charge on any atom is 0.303 e. The molecule has 0 amide bonds. The molecule has 0 aromatic heterocycles. The first kappa shape index (κ1) is 19.3. The van der Waals surface area contributed by atoms with Crippen molar-refractivity contribution in [2.24, 2.45) is 0 Å². The van der Waals surface area contributed by atoms with Crippen LogP contribution in [0.4, 0.5) is 13.2 Å². The Morgan fingerprint density at radius 2 is 1.35 bits per heavy atom. The zero-order valence-electron chi connectivity index (χ0n) is 13.1. The van der Waals surface area contributed by atoms with Crippen LogP contribution in [-0.4, -0.2) is 17.7 Å². The van der Waals surface area contributed by atoms with E-state index >= 15 is 0 Å². The monoisotopic (exact) mass is 332 g/mol. The van der Waals surface area contributed by atoms with Crippen LogP contribution in [0.25, 0.3) is 0 Å². The molecule has 0 saturated heterocycles. The van der Waals surface area contributed by atoms with E-state index in [1.807, 2.05) is 0 Å². The van der Waals surface area contributed by atoms with Gasteiger partial charge in [0.15, 0.2) is 17.4 Å². The summed E-state index contributed by atoms with van der Waals surface area (Å²) in [6, 6.07) is 1.20. The van der Waals surface area contributed by atoms with E-state index < -0.39 is 29.2 Å². The van der Waals surface area contributed by atoms with Crippen LogP contribution in [0.5, 0.6) is 5.75 Å². The molecule has 23 heavy (non-hydrogen) atoms. The smallest absolute Gasteiger partial charge is 0.303 e. The van der Waals surface area contributed by atoms with Gasteiger partial charge in [-0.2, -0.15) is 0 Å². The van der Waals surface area contributed by atoms with Crippen molar-refractivity contribution in [3.63, 3.8) is 0 Å². The minimum Gasteiger partial charge on any atom is -0.488 e. The number of ether oxygens (including phenoxy) is 1. The van der Waals surface area contributed by atoms with Crippen LogP contribution in [0.2, 0.25) is 0 Å². The van der Waals surface area contributed by atoms with Gasteiger partial charge in [-0.1, -0.05) is 38.5 Å². The van der Waals surface area contributed by atoms with Crippen molar-refractivity contribution in [2.45, 2.75) is 57.8 Å². The van der Waals surface area contributed by atoms with Crippen molar-refractivity contribution in [3.05, 3.63) is 29.6 Å². The number of halogens is 3. The van der Waals surface area contributed by atoms with Crippen molar-refractivity contribution in [3.8, 4) is 5.75 Å². The van der Waals surface area contributed by atoms with Gasteiger partial charge in [-0.25, -0.2) is 13.2 Å². The Labute approximate surface area is 134 Å². The molecule has 0 spiro atoms. The largest absolute Gasteiger partial charge is 0.488 e. The lowest BCUT2D eigenvalue weighted by Crippen LogP contribution is -2.02. The molecule has 0 radical (unpaired) electrons. The van der Waals surface area contributed by atoms with Gasteiger partial charge in [0.25, 0.3) is 0 Å². The highest BCUT2D eigenvalue weighted by atomic mass is 19.1. The summed E-state index contributed by atoms with van der Waals surface area (Å²) in [5.41, 5.74) is 0. The molecule has 0 aliphatic carbocycles. The van der Waals surface area contributed by atoms with Gasteiger partial charge in [0.05, 0.1) is 6.61 Å². The average molecular weight is 332 g/mol. The number of carbonyl (C=O) groups is 1. The minimum atomic E-state index is -1.02. The fourth-order valence-electron chi connectivity index (χ4n) is 2.28. The summed E-state index contributed by atoms with van der Waals surface area (Å²) in [5.74, 6) is -4.28. The molecule has 0 heterocycles. The molecule has 0 unspecified atom stereocenters. The number of benzene rings is 1. The van der Waals surface area contributed by atoms with Crippen LogP contribution in [0.15, 0.2) is 12.1 Å². The fourth-order valence-corrected chi connectivity index (χ4v) is 2.28. The summed E-state index contributed by atoms with van der Waals surface area (Å²) in [6.45, 7) is 0.193. The molecule has 0 fully saturated rings. The van der Waals surface area contributed by atoms with Crippen LogP contribution in [0, 0.1) is 17.5 Å². The molecule has 3 nitrogen and oxygen atoms in total. The predicted octanol–water partition coefficient (Wildman–Crippen LogP) is 5.08. The predicted molar refractivity (Wildman–Crippen MR) is 81.0 cm³/mol. The molecule has 1 aromatic carbocycles. The average Bonchev–Trinajstić information content (AvgIpc) is 2.46. The molecule has 0 aliphatic heterocycles. The zero-order valence-corrected chi connectivity index (χ0v) is 13.1. The fraction of sp³-hybridized carbons (Fsp3) is 0.588. The summed E-state index contributed by atoms with van der Waals surface area (Å²) >= 11 is 0. The normalized spacial score (nSPS) is 10.7. The molecule has 1 aromatic rings. The number of unbranched alkanes of at least 4 members (excludes halogenated alkanes) is 7. The molecular formula is C17H23F3O3. The summed E-state index contributed by atoms with van der Waals surface area (Å²) in [7, 11) is 0. The van der Waals surface area contributed by atoms with Gasteiger partial charge in [0.2, 0.25) is 0 Å². The lowest BCUT2D eigenvalue weighted by atomic mass is 10.1. The van der Waals surface area contributed by atoms with E-state index in [4.69, 9.17) is 9.84 Å². The van der Waals surface area contributed by atoms with Crippen molar-refractivity contribution < 1.29 is 27.8 Å². The lowest BCUT2D eigenvalue weighted by Gasteiger charge is -2.08. The van der Waals surface area contributed by atoms with Gasteiger partial charge in [-0.15, -0.1) is 0 Å². The van der Waals surface area contributed by atoms with E-state index in [-0.39, 0.29) is 13.0 Å². The Bertz CT molecular complexity index is 469. The number of carboxylic acids is 1. The lowest BCUT2D eigenvalue weighted by molar-refractivity contribution is -0.137. The van der Waals surface area contributed by atoms with Crippen molar-refractivity contribution in [1.29, 1.82) is 0 Å². The van der Waals surface area contributed by atoms with Crippen molar-refractivity contribution in [2.75, 3.05) is 6.61 Å².